The van der Waals surface area contributed by atoms with Crippen molar-refractivity contribution >= 4 is 5.97 Å². The highest BCUT2D eigenvalue weighted by Gasteiger charge is 2.25. The molecule has 6 nitrogen and oxygen atoms in total. The van der Waals surface area contributed by atoms with Crippen molar-refractivity contribution < 1.29 is 14.6 Å². The Balaban J connectivity index is 4.08. The molecule has 0 aromatic rings. The molecule has 112 valence electrons. The molecular weight excluding hydrogens is 246 g/mol. The fourth-order valence-corrected chi connectivity index (χ4v) is 1.68. The minimum Gasteiger partial charge on any atom is -0.458 e. The van der Waals surface area contributed by atoms with Gasteiger partial charge in [0, 0.05) is 12.5 Å². The molecular formula is C13H27N3O3. The third-order valence-electron chi connectivity index (χ3n) is 2.91. The second kappa shape index (κ2) is 10.9. The quantitative estimate of drug-likeness (QED) is 0.231. The van der Waals surface area contributed by atoms with Crippen LogP contribution in [0.3, 0.4) is 0 Å². The van der Waals surface area contributed by atoms with E-state index in [1.165, 1.54) is 0 Å². The third-order valence-corrected chi connectivity index (χ3v) is 2.91. The highest BCUT2D eigenvalue weighted by Crippen LogP contribution is 2.07. The summed E-state index contributed by atoms with van der Waals surface area (Å²) in [6.45, 7) is 3.86. The Labute approximate surface area is 115 Å². The number of carbonyl (C=O) groups excluding carboxylic acids is 1. The van der Waals surface area contributed by atoms with Crippen LogP contribution in [-0.4, -0.2) is 42.4 Å². The third kappa shape index (κ3) is 7.94. The summed E-state index contributed by atoms with van der Waals surface area (Å²) in [5.74, 6) is -0.364. The van der Waals surface area contributed by atoms with Crippen molar-refractivity contribution in [3.8, 4) is 0 Å². The Kier molecular flexibility index (Phi) is 10.4. The molecule has 0 amide bonds. The molecule has 0 aromatic carbocycles. The van der Waals surface area contributed by atoms with Crippen LogP contribution < -0.4 is 17.2 Å². The van der Waals surface area contributed by atoms with Gasteiger partial charge in [-0.3, -0.25) is 4.79 Å². The molecule has 0 saturated heterocycles. The summed E-state index contributed by atoms with van der Waals surface area (Å²) >= 11 is 0. The molecule has 0 rings (SSSR count). The second-order valence-electron chi connectivity index (χ2n) is 4.58. The number of aliphatic hydroxyl groups is 1. The van der Waals surface area contributed by atoms with E-state index in [4.69, 9.17) is 21.9 Å². The van der Waals surface area contributed by atoms with Crippen LogP contribution in [0.25, 0.3) is 0 Å². The largest absolute Gasteiger partial charge is 0.458 e. The molecule has 0 fully saturated rings. The lowest BCUT2D eigenvalue weighted by Crippen LogP contribution is -2.52. The van der Waals surface area contributed by atoms with Gasteiger partial charge in [-0.05, 0) is 25.8 Å². The summed E-state index contributed by atoms with van der Waals surface area (Å²) < 4.78 is 5.15. The molecule has 0 saturated carbocycles. The minimum atomic E-state index is -0.767. The molecule has 0 aliphatic carbocycles. The fourth-order valence-electron chi connectivity index (χ4n) is 1.68. The van der Waals surface area contributed by atoms with Crippen molar-refractivity contribution in [1.82, 2.24) is 0 Å². The minimum absolute atomic E-state index is 0.305. The number of hydrogen-bond acceptors (Lipinski definition) is 6. The molecule has 7 N–H and O–H groups in total. The highest BCUT2D eigenvalue weighted by atomic mass is 16.6. The molecule has 19 heavy (non-hydrogen) atoms. The molecule has 0 spiro atoms. The zero-order valence-electron chi connectivity index (χ0n) is 11.5. The van der Waals surface area contributed by atoms with E-state index in [0.717, 1.165) is 19.3 Å². The molecule has 0 heterocycles. The summed E-state index contributed by atoms with van der Waals surface area (Å²) in [5.41, 5.74) is 17.0. The molecule has 0 aromatic heterocycles. The number of aliphatic hydroxyl groups excluding tert-OH is 1. The van der Waals surface area contributed by atoms with Gasteiger partial charge in [-0.25, -0.2) is 0 Å². The molecule has 3 unspecified atom stereocenters. The predicted octanol–water partition coefficient (Wildman–Crippen LogP) is -0.360. The van der Waals surface area contributed by atoms with Crippen molar-refractivity contribution in [3.63, 3.8) is 0 Å². The first kappa shape index (κ1) is 18.0. The van der Waals surface area contributed by atoms with Crippen LogP contribution in [0, 0.1) is 0 Å². The van der Waals surface area contributed by atoms with Gasteiger partial charge in [-0.1, -0.05) is 12.5 Å². The van der Waals surface area contributed by atoms with E-state index in [1.54, 1.807) is 6.08 Å². The van der Waals surface area contributed by atoms with Gasteiger partial charge in [0.2, 0.25) is 0 Å². The Morgan fingerprint density at radius 1 is 1.32 bits per heavy atom. The lowest BCUT2D eigenvalue weighted by atomic mass is 10.0. The van der Waals surface area contributed by atoms with E-state index in [-0.39, 0.29) is 18.6 Å². The average molecular weight is 273 g/mol. The number of esters is 1. The maximum atomic E-state index is 11.6. The molecule has 6 heteroatoms. The molecule has 0 aliphatic heterocycles. The van der Waals surface area contributed by atoms with Crippen LogP contribution in [0.1, 0.15) is 32.1 Å². The van der Waals surface area contributed by atoms with Gasteiger partial charge in [0.25, 0.3) is 0 Å². The van der Waals surface area contributed by atoms with E-state index in [2.05, 4.69) is 6.58 Å². The van der Waals surface area contributed by atoms with Crippen molar-refractivity contribution in [2.24, 2.45) is 17.2 Å². The summed E-state index contributed by atoms with van der Waals surface area (Å²) in [6, 6.07) is -0.990. The van der Waals surface area contributed by atoms with E-state index >= 15 is 0 Å². The van der Waals surface area contributed by atoms with Crippen LogP contribution in [0.15, 0.2) is 12.7 Å². The van der Waals surface area contributed by atoms with Crippen molar-refractivity contribution in [1.29, 1.82) is 0 Å². The van der Waals surface area contributed by atoms with Gasteiger partial charge < -0.3 is 27.0 Å². The number of hydrogen-bond donors (Lipinski definition) is 4. The average Bonchev–Trinajstić information content (AvgIpc) is 2.40. The SMILES string of the molecule is C=CCC(N)C(N)C(CO)OC(=O)CCCCCN. The number of ether oxygens (including phenoxy) is 1. The zero-order valence-corrected chi connectivity index (χ0v) is 11.5. The fraction of sp³-hybridized carbons (Fsp3) is 0.769. The Morgan fingerprint density at radius 3 is 2.53 bits per heavy atom. The number of unbranched alkanes of at least 4 members (excludes halogenated alkanes) is 2. The van der Waals surface area contributed by atoms with E-state index in [9.17, 15) is 9.90 Å². The maximum absolute atomic E-state index is 11.6. The Hall–Kier alpha value is -0.950. The molecule has 0 bridgehead atoms. The standard InChI is InChI=1S/C13H27N3O3/c1-2-6-10(15)13(16)11(9-17)19-12(18)7-4-3-5-8-14/h2,10-11,13,17H,1,3-9,14-16H2. The van der Waals surface area contributed by atoms with Gasteiger partial charge in [-0.2, -0.15) is 0 Å². The predicted molar refractivity (Wildman–Crippen MR) is 75.3 cm³/mol. The molecule has 0 aliphatic rings. The summed E-state index contributed by atoms with van der Waals surface area (Å²) in [7, 11) is 0. The van der Waals surface area contributed by atoms with Crippen molar-refractivity contribution in [3.05, 3.63) is 12.7 Å². The normalized spacial score (nSPS) is 15.6. The van der Waals surface area contributed by atoms with E-state index in [0.29, 0.717) is 19.4 Å². The topological polar surface area (TPSA) is 125 Å². The monoisotopic (exact) mass is 273 g/mol. The van der Waals surface area contributed by atoms with Gasteiger partial charge in [0.05, 0.1) is 12.6 Å². The van der Waals surface area contributed by atoms with Crippen LogP contribution in [0.2, 0.25) is 0 Å². The van der Waals surface area contributed by atoms with E-state index < -0.39 is 12.1 Å². The van der Waals surface area contributed by atoms with Crippen molar-refractivity contribution in [2.75, 3.05) is 13.2 Å². The first-order valence-corrected chi connectivity index (χ1v) is 6.69. The number of carbonyl (C=O) groups is 1. The van der Waals surface area contributed by atoms with Crippen LogP contribution in [-0.2, 0) is 9.53 Å². The van der Waals surface area contributed by atoms with Gasteiger partial charge in [0.15, 0.2) is 0 Å². The smallest absolute Gasteiger partial charge is 0.306 e. The number of rotatable bonds is 11. The first-order chi connectivity index (χ1) is 9.06. The Morgan fingerprint density at radius 2 is 2.00 bits per heavy atom. The first-order valence-electron chi connectivity index (χ1n) is 6.69. The highest BCUT2D eigenvalue weighted by molar-refractivity contribution is 5.69. The molecule has 3 atom stereocenters. The summed E-state index contributed by atoms with van der Waals surface area (Å²) in [4.78, 5) is 11.6. The van der Waals surface area contributed by atoms with Gasteiger partial charge >= 0.3 is 5.97 Å². The van der Waals surface area contributed by atoms with Gasteiger partial charge in [0.1, 0.15) is 6.10 Å². The van der Waals surface area contributed by atoms with Crippen molar-refractivity contribution in [2.45, 2.75) is 50.3 Å². The van der Waals surface area contributed by atoms with Crippen LogP contribution in [0.5, 0.6) is 0 Å². The van der Waals surface area contributed by atoms with Crippen LogP contribution >= 0.6 is 0 Å². The second-order valence-corrected chi connectivity index (χ2v) is 4.58. The van der Waals surface area contributed by atoms with Gasteiger partial charge in [-0.15, -0.1) is 6.58 Å². The summed E-state index contributed by atoms with van der Waals surface area (Å²) in [5, 5.41) is 9.22. The lowest BCUT2D eigenvalue weighted by Gasteiger charge is -2.26. The summed E-state index contributed by atoms with van der Waals surface area (Å²) in [6.07, 6.45) is 4.19. The maximum Gasteiger partial charge on any atom is 0.306 e. The number of nitrogens with two attached hydrogens (primary N) is 3. The Bertz CT molecular complexity index is 262. The van der Waals surface area contributed by atoms with E-state index in [1.807, 2.05) is 0 Å². The zero-order chi connectivity index (χ0) is 14.7. The molecule has 0 radical (unpaired) electrons. The lowest BCUT2D eigenvalue weighted by molar-refractivity contribution is -0.152. The van der Waals surface area contributed by atoms with Crippen LogP contribution in [0.4, 0.5) is 0 Å².